The van der Waals surface area contributed by atoms with Crippen LogP contribution in [-0.2, 0) is 0 Å². The number of piperazine rings is 1. The molecular formula is C10H15N3O3. The van der Waals surface area contributed by atoms with Gasteiger partial charge in [0.15, 0.2) is 0 Å². The Hall–Kier alpha value is -1.53. The molecule has 0 amide bonds. The molecule has 0 atom stereocenters. The van der Waals surface area contributed by atoms with Crippen molar-refractivity contribution in [1.29, 1.82) is 0 Å². The van der Waals surface area contributed by atoms with Crippen LogP contribution in [0.1, 0.15) is 10.6 Å². The molecule has 0 aromatic carbocycles. The number of hydrogen-bond donors (Lipinski definition) is 2. The lowest BCUT2D eigenvalue weighted by molar-refractivity contribution is 0.0662. The largest absolute Gasteiger partial charge is 0.475 e. The SMILES string of the molecule is CN1CCN(Nc2ccc(C(=O)O)o2)CC1. The van der Waals surface area contributed by atoms with Crippen LogP contribution < -0.4 is 5.43 Å². The molecule has 6 heteroatoms. The summed E-state index contributed by atoms with van der Waals surface area (Å²) in [7, 11) is 2.08. The summed E-state index contributed by atoms with van der Waals surface area (Å²) in [6.07, 6.45) is 0. The first-order valence-electron chi connectivity index (χ1n) is 5.18. The second-order valence-electron chi connectivity index (χ2n) is 3.87. The highest BCUT2D eigenvalue weighted by atomic mass is 16.4. The number of nitrogens with zero attached hydrogens (tertiary/aromatic N) is 2. The van der Waals surface area contributed by atoms with Gasteiger partial charge in [-0.2, -0.15) is 0 Å². The number of hydrazine groups is 1. The molecule has 6 nitrogen and oxygen atoms in total. The minimum absolute atomic E-state index is 0.0448. The number of carboxylic acid groups (broad SMARTS) is 1. The molecule has 1 aromatic rings. The van der Waals surface area contributed by atoms with Crippen LogP contribution in [-0.4, -0.2) is 54.2 Å². The second kappa shape index (κ2) is 4.54. The number of likely N-dealkylation sites (N-methyl/N-ethyl adjacent to an activating group) is 1. The Morgan fingerprint density at radius 1 is 1.38 bits per heavy atom. The Morgan fingerprint density at radius 2 is 2.06 bits per heavy atom. The van der Waals surface area contributed by atoms with Gasteiger partial charge in [0.1, 0.15) is 0 Å². The molecule has 0 spiro atoms. The first-order valence-corrected chi connectivity index (χ1v) is 5.18. The van der Waals surface area contributed by atoms with Crippen molar-refractivity contribution in [1.82, 2.24) is 9.91 Å². The van der Waals surface area contributed by atoms with Crippen molar-refractivity contribution >= 4 is 11.9 Å². The monoisotopic (exact) mass is 225 g/mol. The fourth-order valence-corrected chi connectivity index (χ4v) is 1.59. The third kappa shape index (κ3) is 2.53. The van der Waals surface area contributed by atoms with Gasteiger partial charge in [0.2, 0.25) is 11.6 Å². The van der Waals surface area contributed by atoms with E-state index in [9.17, 15) is 4.79 Å². The summed E-state index contributed by atoms with van der Waals surface area (Å²) in [5.41, 5.74) is 3.05. The third-order valence-corrected chi connectivity index (χ3v) is 2.59. The Balaban J connectivity index is 1.91. The zero-order valence-electron chi connectivity index (χ0n) is 9.14. The highest BCUT2D eigenvalue weighted by Gasteiger charge is 2.15. The maximum absolute atomic E-state index is 10.6. The Labute approximate surface area is 93.4 Å². The molecule has 2 heterocycles. The molecule has 1 aromatic heterocycles. The maximum atomic E-state index is 10.6. The fraction of sp³-hybridized carbons (Fsp3) is 0.500. The van der Waals surface area contributed by atoms with Crippen molar-refractivity contribution in [3.05, 3.63) is 17.9 Å². The van der Waals surface area contributed by atoms with E-state index < -0.39 is 5.97 Å². The van der Waals surface area contributed by atoms with Crippen molar-refractivity contribution in [2.45, 2.75) is 0 Å². The van der Waals surface area contributed by atoms with Gasteiger partial charge < -0.3 is 14.4 Å². The van der Waals surface area contributed by atoms with E-state index >= 15 is 0 Å². The predicted octanol–water partition coefficient (Wildman–Crippen LogP) is 0.552. The van der Waals surface area contributed by atoms with E-state index in [0.717, 1.165) is 26.2 Å². The smallest absolute Gasteiger partial charge is 0.371 e. The highest BCUT2D eigenvalue weighted by molar-refractivity contribution is 5.84. The zero-order chi connectivity index (χ0) is 11.5. The first kappa shape index (κ1) is 11.0. The summed E-state index contributed by atoms with van der Waals surface area (Å²) >= 11 is 0. The molecule has 1 aliphatic rings. The molecule has 0 aliphatic carbocycles. The Kier molecular flexibility index (Phi) is 3.12. The van der Waals surface area contributed by atoms with Gasteiger partial charge in [0.25, 0.3) is 0 Å². The van der Waals surface area contributed by atoms with Gasteiger partial charge in [0.05, 0.1) is 0 Å². The Morgan fingerprint density at radius 3 is 2.62 bits per heavy atom. The minimum atomic E-state index is -1.05. The van der Waals surface area contributed by atoms with Gasteiger partial charge in [-0.05, 0) is 13.1 Å². The number of aromatic carboxylic acids is 1. The number of carbonyl (C=O) groups is 1. The molecule has 1 saturated heterocycles. The van der Waals surface area contributed by atoms with E-state index in [4.69, 9.17) is 9.52 Å². The Bertz CT molecular complexity index is 369. The molecule has 1 aliphatic heterocycles. The lowest BCUT2D eigenvalue weighted by Crippen LogP contribution is -2.46. The lowest BCUT2D eigenvalue weighted by Gasteiger charge is -2.32. The average molecular weight is 225 g/mol. The van der Waals surface area contributed by atoms with Gasteiger partial charge in [-0.1, -0.05) is 0 Å². The number of hydrogen-bond acceptors (Lipinski definition) is 5. The van der Waals surface area contributed by atoms with E-state index in [1.54, 1.807) is 6.07 Å². The van der Waals surface area contributed by atoms with Crippen molar-refractivity contribution in [2.75, 3.05) is 38.7 Å². The maximum Gasteiger partial charge on any atom is 0.371 e. The van der Waals surface area contributed by atoms with Crippen LogP contribution in [0.25, 0.3) is 0 Å². The quantitative estimate of drug-likeness (QED) is 0.783. The number of furan rings is 1. The van der Waals surface area contributed by atoms with Gasteiger partial charge >= 0.3 is 5.97 Å². The highest BCUT2D eigenvalue weighted by Crippen LogP contribution is 2.14. The predicted molar refractivity (Wildman–Crippen MR) is 58.4 cm³/mol. The molecule has 1 fully saturated rings. The van der Waals surface area contributed by atoms with E-state index in [1.807, 2.05) is 5.01 Å². The molecule has 0 saturated carbocycles. The van der Waals surface area contributed by atoms with Crippen LogP contribution in [0.3, 0.4) is 0 Å². The molecule has 88 valence electrons. The van der Waals surface area contributed by atoms with Gasteiger partial charge in [0, 0.05) is 32.2 Å². The summed E-state index contributed by atoms with van der Waals surface area (Å²) in [5, 5.41) is 10.7. The molecule has 2 N–H and O–H groups in total. The summed E-state index contributed by atoms with van der Waals surface area (Å²) in [6, 6.07) is 3.07. The molecule has 0 radical (unpaired) electrons. The standard InChI is InChI=1S/C10H15N3O3/c1-12-4-6-13(7-5-12)11-9-3-2-8(16-9)10(14)15/h2-3,11H,4-7H2,1H3,(H,14,15). The van der Waals surface area contributed by atoms with Gasteiger partial charge in [-0.3, -0.25) is 5.43 Å². The van der Waals surface area contributed by atoms with Gasteiger partial charge in [-0.25, -0.2) is 9.80 Å². The average Bonchev–Trinajstić information content (AvgIpc) is 2.70. The minimum Gasteiger partial charge on any atom is -0.475 e. The first-order chi connectivity index (χ1) is 7.65. The second-order valence-corrected chi connectivity index (χ2v) is 3.87. The summed E-state index contributed by atoms with van der Waals surface area (Å²) in [5.74, 6) is -0.620. The normalized spacial score (nSPS) is 18.6. The summed E-state index contributed by atoms with van der Waals surface area (Å²) in [4.78, 5) is 12.8. The van der Waals surface area contributed by atoms with Crippen molar-refractivity contribution in [3.63, 3.8) is 0 Å². The van der Waals surface area contributed by atoms with E-state index in [1.165, 1.54) is 6.07 Å². The van der Waals surface area contributed by atoms with E-state index in [0.29, 0.717) is 5.88 Å². The molecule has 0 unspecified atom stereocenters. The van der Waals surface area contributed by atoms with Crippen molar-refractivity contribution in [3.8, 4) is 0 Å². The molecular weight excluding hydrogens is 210 g/mol. The van der Waals surface area contributed by atoms with Crippen LogP contribution in [0.4, 0.5) is 5.88 Å². The van der Waals surface area contributed by atoms with Crippen LogP contribution in [0.15, 0.2) is 16.5 Å². The topological polar surface area (TPSA) is 69.0 Å². The summed E-state index contributed by atoms with van der Waals surface area (Å²) < 4.78 is 5.11. The van der Waals surface area contributed by atoms with Crippen LogP contribution in [0, 0.1) is 0 Å². The zero-order valence-corrected chi connectivity index (χ0v) is 9.14. The van der Waals surface area contributed by atoms with E-state index in [-0.39, 0.29) is 5.76 Å². The third-order valence-electron chi connectivity index (χ3n) is 2.59. The van der Waals surface area contributed by atoms with Crippen molar-refractivity contribution in [2.24, 2.45) is 0 Å². The lowest BCUT2D eigenvalue weighted by atomic mass is 10.4. The van der Waals surface area contributed by atoms with Crippen LogP contribution in [0.5, 0.6) is 0 Å². The number of rotatable bonds is 3. The molecule has 16 heavy (non-hydrogen) atoms. The number of carboxylic acids is 1. The van der Waals surface area contributed by atoms with Crippen LogP contribution in [0.2, 0.25) is 0 Å². The van der Waals surface area contributed by atoms with E-state index in [2.05, 4.69) is 17.4 Å². The van der Waals surface area contributed by atoms with Crippen molar-refractivity contribution < 1.29 is 14.3 Å². The molecule has 2 rings (SSSR count). The summed E-state index contributed by atoms with van der Waals surface area (Å²) in [6.45, 7) is 3.75. The fourth-order valence-electron chi connectivity index (χ4n) is 1.59. The van der Waals surface area contributed by atoms with Crippen LogP contribution >= 0.6 is 0 Å². The number of anilines is 1. The number of nitrogens with one attached hydrogen (secondary N) is 1. The van der Waals surface area contributed by atoms with Gasteiger partial charge in [-0.15, -0.1) is 0 Å². The molecule has 0 bridgehead atoms.